The first-order chi connectivity index (χ1) is 11.1. The van der Waals surface area contributed by atoms with Gasteiger partial charge in [-0.1, -0.05) is 0 Å². The number of rotatable bonds is 4. The van der Waals surface area contributed by atoms with E-state index in [4.69, 9.17) is 4.74 Å². The van der Waals surface area contributed by atoms with Gasteiger partial charge in [-0.05, 0) is 12.8 Å². The molecule has 3 heterocycles. The fourth-order valence-corrected chi connectivity index (χ4v) is 3.23. The summed E-state index contributed by atoms with van der Waals surface area (Å²) in [6.45, 7) is 0.634. The molecule has 1 saturated heterocycles. The van der Waals surface area contributed by atoms with Crippen LogP contribution >= 0.6 is 0 Å². The van der Waals surface area contributed by atoms with Crippen LogP contribution in [0.1, 0.15) is 23.3 Å². The Hall–Kier alpha value is -2.48. The average Bonchev–Trinajstić information content (AvgIpc) is 3.20. The van der Waals surface area contributed by atoms with Gasteiger partial charge in [-0.3, -0.25) is 9.59 Å². The zero-order chi connectivity index (χ0) is 16.4. The summed E-state index contributed by atoms with van der Waals surface area (Å²) >= 11 is 0. The van der Waals surface area contributed by atoms with Gasteiger partial charge in [0.1, 0.15) is 5.54 Å². The van der Waals surface area contributed by atoms with Gasteiger partial charge in [0.25, 0.3) is 5.91 Å². The normalized spacial score (nSPS) is 20.9. The van der Waals surface area contributed by atoms with Crippen molar-refractivity contribution in [2.75, 3.05) is 27.3 Å². The number of carbonyl (C=O) groups excluding carboxylic acids is 2. The summed E-state index contributed by atoms with van der Waals surface area (Å²) in [5.74, 6) is -0.527. The van der Waals surface area contributed by atoms with Crippen LogP contribution in [0.2, 0.25) is 0 Å². The van der Waals surface area contributed by atoms with Crippen LogP contribution < -0.4 is 5.32 Å². The lowest BCUT2D eigenvalue weighted by Gasteiger charge is -2.36. The third-order valence-corrected chi connectivity index (χ3v) is 4.28. The number of hydrogen-bond acceptors (Lipinski definition) is 5. The third-order valence-electron chi connectivity index (χ3n) is 4.28. The van der Waals surface area contributed by atoms with Gasteiger partial charge in [0.05, 0.1) is 6.61 Å². The first-order valence-electron chi connectivity index (χ1n) is 7.45. The average molecular weight is 317 g/mol. The second-order valence-corrected chi connectivity index (χ2v) is 5.54. The summed E-state index contributed by atoms with van der Waals surface area (Å²) in [6.07, 6.45) is 7.93. The number of nitrogens with one attached hydrogen (secondary N) is 1. The molecular formula is C15H19N5O3. The highest BCUT2D eigenvalue weighted by atomic mass is 16.5. The molecule has 1 fully saturated rings. The fraction of sp³-hybridized carbons (Fsp3) is 0.467. The van der Waals surface area contributed by atoms with E-state index in [1.165, 1.54) is 7.11 Å². The Morgan fingerprint density at radius 3 is 2.78 bits per heavy atom. The minimum atomic E-state index is -0.998. The van der Waals surface area contributed by atoms with Gasteiger partial charge < -0.3 is 19.4 Å². The largest absolute Gasteiger partial charge is 0.382 e. The van der Waals surface area contributed by atoms with E-state index < -0.39 is 5.54 Å². The molecule has 0 aliphatic carbocycles. The zero-order valence-corrected chi connectivity index (χ0v) is 13.2. The third kappa shape index (κ3) is 2.35. The Morgan fingerprint density at radius 2 is 2.09 bits per heavy atom. The zero-order valence-electron chi connectivity index (χ0n) is 13.2. The van der Waals surface area contributed by atoms with Gasteiger partial charge in [0.2, 0.25) is 5.91 Å². The number of likely N-dealkylation sites (N-methyl/N-ethyl adjacent to an activating group) is 1. The molecule has 2 aromatic heterocycles. The van der Waals surface area contributed by atoms with Crippen molar-refractivity contribution in [3.63, 3.8) is 0 Å². The molecule has 0 bridgehead atoms. The molecule has 8 nitrogen and oxygen atoms in total. The number of hydrogen-bond donors (Lipinski definition) is 1. The second-order valence-electron chi connectivity index (χ2n) is 5.54. The van der Waals surface area contributed by atoms with Crippen LogP contribution in [0.4, 0.5) is 0 Å². The number of carbonyl (C=O) groups is 2. The van der Waals surface area contributed by atoms with Gasteiger partial charge in [-0.2, -0.15) is 0 Å². The first kappa shape index (κ1) is 15.4. The Labute approximate surface area is 133 Å². The summed E-state index contributed by atoms with van der Waals surface area (Å²) in [6, 6.07) is 0. The molecule has 3 rings (SSSR count). The second kappa shape index (κ2) is 5.96. The number of ether oxygens (including phenoxy) is 1. The van der Waals surface area contributed by atoms with Gasteiger partial charge >= 0.3 is 0 Å². The maximum absolute atomic E-state index is 13.0. The molecule has 2 amide bonds. The highest BCUT2D eigenvalue weighted by molar-refractivity contribution is 6.02. The van der Waals surface area contributed by atoms with Crippen molar-refractivity contribution in [2.24, 2.45) is 0 Å². The molecule has 8 heteroatoms. The predicted molar refractivity (Wildman–Crippen MR) is 81.9 cm³/mol. The monoisotopic (exact) mass is 317 g/mol. The Bertz CT molecular complexity index is 744. The number of fused-ring (bicyclic) bond motifs is 1. The lowest BCUT2D eigenvalue weighted by atomic mass is 9.95. The number of amides is 2. The summed E-state index contributed by atoms with van der Waals surface area (Å²) in [5.41, 5.74) is -0.279. The van der Waals surface area contributed by atoms with Crippen LogP contribution in [0.15, 0.2) is 24.8 Å². The molecule has 0 radical (unpaired) electrons. The first-order valence-corrected chi connectivity index (χ1v) is 7.45. The van der Waals surface area contributed by atoms with Crippen LogP contribution in [-0.4, -0.2) is 63.9 Å². The highest BCUT2D eigenvalue weighted by Gasteiger charge is 2.50. The number of nitrogens with zero attached hydrogens (tertiary/aromatic N) is 4. The van der Waals surface area contributed by atoms with E-state index >= 15 is 0 Å². The van der Waals surface area contributed by atoms with Gasteiger partial charge in [0, 0.05) is 45.5 Å². The Morgan fingerprint density at radius 1 is 1.35 bits per heavy atom. The van der Waals surface area contributed by atoms with Crippen molar-refractivity contribution < 1.29 is 14.3 Å². The standard InChI is InChI=1S/C15H19N5O3/c1-16-14(22)15(10-23-2)4-3-7-20(15)13(21)11-12-18-6-9-19(12)8-5-17-11/h5-6,8-9H,3-4,7,10H2,1-2H3,(H,16,22). The minimum absolute atomic E-state index is 0.149. The molecule has 1 aliphatic heterocycles. The van der Waals surface area contributed by atoms with E-state index in [1.807, 2.05) is 0 Å². The quantitative estimate of drug-likeness (QED) is 0.864. The van der Waals surface area contributed by atoms with Gasteiger partial charge in [0.15, 0.2) is 11.3 Å². The van der Waals surface area contributed by atoms with Crippen molar-refractivity contribution in [1.29, 1.82) is 0 Å². The van der Waals surface area contributed by atoms with Crippen molar-refractivity contribution >= 4 is 17.5 Å². The molecule has 23 heavy (non-hydrogen) atoms. The number of likely N-dealkylation sites (tertiary alicyclic amines) is 1. The number of aromatic nitrogens is 3. The van der Waals surface area contributed by atoms with Crippen LogP contribution in [0, 0.1) is 0 Å². The van der Waals surface area contributed by atoms with Crippen LogP contribution in [0.3, 0.4) is 0 Å². The lowest BCUT2D eigenvalue weighted by Crippen LogP contribution is -2.59. The van der Waals surface area contributed by atoms with E-state index in [-0.39, 0.29) is 24.1 Å². The molecule has 0 aromatic carbocycles. The summed E-state index contributed by atoms with van der Waals surface area (Å²) < 4.78 is 6.98. The molecule has 1 N–H and O–H groups in total. The molecule has 0 spiro atoms. The molecule has 0 saturated carbocycles. The SMILES string of the molecule is CNC(=O)C1(COC)CCCN1C(=O)c1nccn2ccnc12. The van der Waals surface area contributed by atoms with Crippen molar-refractivity contribution in [2.45, 2.75) is 18.4 Å². The van der Waals surface area contributed by atoms with Crippen molar-refractivity contribution in [1.82, 2.24) is 24.6 Å². The molecule has 1 unspecified atom stereocenters. The van der Waals surface area contributed by atoms with E-state index in [1.54, 1.807) is 41.1 Å². The lowest BCUT2D eigenvalue weighted by molar-refractivity contribution is -0.133. The Kier molecular flexibility index (Phi) is 3.99. The minimum Gasteiger partial charge on any atom is -0.382 e. The number of imidazole rings is 1. The van der Waals surface area contributed by atoms with Gasteiger partial charge in [-0.15, -0.1) is 0 Å². The van der Waals surface area contributed by atoms with E-state index in [0.717, 1.165) is 6.42 Å². The summed E-state index contributed by atoms with van der Waals surface area (Å²) in [4.78, 5) is 35.4. The summed E-state index contributed by atoms with van der Waals surface area (Å²) in [5, 5.41) is 2.65. The molecule has 2 aromatic rings. The number of methoxy groups -OCH3 is 1. The molecule has 1 aliphatic rings. The predicted octanol–water partition coefficient (Wildman–Crippen LogP) is 0.0965. The molecule has 122 valence electrons. The van der Waals surface area contributed by atoms with Gasteiger partial charge in [-0.25, -0.2) is 9.97 Å². The van der Waals surface area contributed by atoms with Crippen LogP contribution in [0.25, 0.3) is 5.65 Å². The van der Waals surface area contributed by atoms with E-state index in [0.29, 0.717) is 18.6 Å². The van der Waals surface area contributed by atoms with Crippen molar-refractivity contribution in [3.8, 4) is 0 Å². The fourth-order valence-electron chi connectivity index (χ4n) is 3.23. The smallest absolute Gasteiger partial charge is 0.277 e. The van der Waals surface area contributed by atoms with E-state index in [2.05, 4.69) is 15.3 Å². The highest BCUT2D eigenvalue weighted by Crippen LogP contribution is 2.31. The topological polar surface area (TPSA) is 88.8 Å². The van der Waals surface area contributed by atoms with E-state index in [9.17, 15) is 9.59 Å². The Balaban J connectivity index is 2.03. The van der Waals surface area contributed by atoms with Crippen LogP contribution in [0.5, 0.6) is 0 Å². The van der Waals surface area contributed by atoms with Crippen LogP contribution in [-0.2, 0) is 9.53 Å². The molecule has 1 atom stereocenters. The van der Waals surface area contributed by atoms with Crippen molar-refractivity contribution in [3.05, 3.63) is 30.5 Å². The maximum Gasteiger partial charge on any atom is 0.277 e. The molecular weight excluding hydrogens is 298 g/mol. The summed E-state index contributed by atoms with van der Waals surface area (Å²) in [7, 11) is 3.09. The maximum atomic E-state index is 13.0.